The number of amides is 1. The van der Waals surface area contributed by atoms with Crippen LogP contribution in [0.2, 0.25) is 10.0 Å². The van der Waals surface area contributed by atoms with Crippen LogP contribution >= 0.6 is 23.2 Å². The van der Waals surface area contributed by atoms with E-state index in [-0.39, 0.29) is 72.2 Å². The fourth-order valence-electron chi connectivity index (χ4n) is 3.53. The van der Waals surface area contributed by atoms with Gasteiger partial charge < -0.3 is 36.0 Å². The van der Waals surface area contributed by atoms with Gasteiger partial charge in [-0.1, -0.05) is 35.3 Å². The SMILES string of the molecule is N#C/N=C(/NC[C@H](NC(=O)c1c(Cl)cc(CCC(=O)c2cccc(O)c2)cc1Cl)C(=O)O)N(CCO)CCO. The van der Waals surface area contributed by atoms with Crippen molar-refractivity contribution in [2.24, 2.45) is 4.99 Å². The largest absolute Gasteiger partial charge is 0.508 e. The maximum atomic E-state index is 12.9. The number of hydrogen-bond acceptors (Lipinski definition) is 8. The number of carbonyl (C=O) groups excluding carboxylic acids is 2. The van der Waals surface area contributed by atoms with E-state index in [2.05, 4.69) is 15.6 Å². The minimum Gasteiger partial charge on any atom is -0.508 e. The molecule has 1 atom stereocenters. The standard InChI is InChI=1S/C25H27Cl2N5O7/c26-18-10-15(4-5-21(36)16-2-1-3-17(35)12-16)11-19(27)22(18)23(37)31-20(24(38)39)13-29-25(30-14-28)32(6-8-33)7-9-34/h1-3,10-12,20,33-35H,4-9,13H2,(H,29,30)(H,31,37)(H,38,39)/t20-/m0/s1. The number of nitrogens with zero attached hydrogens (tertiary/aromatic N) is 3. The highest BCUT2D eigenvalue weighted by atomic mass is 35.5. The number of aliphatic hydroxyl groups is 2. The summed E-state index contributed by atoms with van der Waals surface area (Å²) in [6, 6.07) is 7.34. The Kier molecular flexibility index (Phi) is 12.5. The fraction of sp³-hybridized carbons (Fsp3) is 0.320. The predicted octanol–water partition coefficient (Wildman–Crippen LogP) is 1.41. The second-order valence-corrected chi connectivity index (χ2v) is 8.94. The van der Waals surface area contributed by atoms with Crippen molar-refractivity contribution in [2.75, 3.05) is 32.8 Å². The molecule has 1 amide bonds. The van der Waals surface area contributed by atoms with Crippen LogP contribution in [0.3, 0.4) is 0 Å². The van der Waals surface area contributed by atoms with Gasteiger partial charge in [-0.15, -0.1) is 4.99 Å². The molecule has 14 heteroatoms. The molecule has 0 spiro atoms. The summed E-state index contributed by atoms with van der Waals surface area (Å²) in [5, 5.41) is 51.3. The number of nitrogens with one attached hydrogen (secondary N) is 2. The van der Waals surface area contributed by atoms with Gasteiger partial charge in [0.2, 0.25) is 12.2 Å². The molecule has 0 fully saturated rings. The monoisotopic (exact) mass is 579 g/mol. The van der Waals surface area contributed by atoms with E-state index in [0.29, 0.717) is 11.1 Å². The number of benzene rings is 2. The van der Waals surface area contributed by atoms with Gasteiger partial charge >= 0.3 is 5.97 Å². The Bertz CT molecular complexity index is 1240. The zero-order valence-electron chi connectivity index (χ0n) is 20.6. The van der Waals surface area contributed by atoms with E-state index in [1.54, 1.807) is 18.3 Å². The Balaban J connectivity index is 2.11. The number of phenols is 1. The minimum atomic E-state index is -1.50. The lowest BCUT2D eigenvalue weighted by Crippen LogP contribution is -2.52. The molecule has 0 aliphatic rings. The highest BCUT2D eigenvalue weighted by Crippen LogP contribution is 2.28. The molecule has 0 unspecified atom stereocenters. The van der Waals surface area contributed by atoms with Crippen molar-refractivity contribution in [1.29, 1.82) is 5.26 Å². The molecule has 39 heavy (non-hydrogen) atoms. The van der Waals surface area contributed by atoms with Gasteiger partial charge in [0.25, 0.3) is 5.91 Å². The van der Waals surface area contributed by atoms with Crippen molar-refractivity contribution in [3.05, 3.63) is 63.1 Å². The summed E-state index contributed by atoms with van der Waals surface area (Å²) in [5.74, 6) is -2.62. The lowest BCUT2D eigenvalue weighted by atomic mass is 10.0. The first-order valence-electron chi connectivity index (χ1n) is 11.6. The number of aryl methyl sites for hydroxylation is 1. The molecule has 0 saturated carbocycles. The van der Waals surface area contributed by atoms with Crippen molar-refractivity contribution in [2.45, 2.75) is 18.9 Å². The van der Waals surface area contributed by atoms with E-state index in [1.807, 2.05) is 0 Å². The van der Waals surface area contributed by atoms with Crippen LogP contribution in [0.4, 0.5) is 0 Å². The highest BCUT2D eigenvalue weighted by Gasteiger charge is 2.25. The number of aliphatic hydroxyl groups excluding tert-OH is 2. The normalized spacial score (nSPS) is 11.8. The van der Waals surface area contributed by atoms with Crippen LogP contribution in [0.1, 0.15) is 32.7 Å². The predicted molar refractivity (Wildman–Crippen MR) is 143 cm³/mol. The maximum Gasteiger partial charge on any atom is 0.328 e. The van der Waals surface area contributed by atoms with Crippen LogP contribution in [-0.4, -0.2) is 87.8 Å². The van der Waals surface area contributed by atoms with E-state index >= 15 is 0 Å². The molecule has 0 heterocycles. The topological polar surface area (TPSA) is 196 Å². The van der Waals surface area contributed by atoms with Gasteiger partial charge in [-0.25, -0.2) is 4.79 Å². The lowest BCUT2D eigenvalue weighted by Gasteiger charge is -2.25. The molecule has 2 rings (SSSR count). The number of nitriles is 1. The van der Waals surface area contributed by atoms with E-state index < -0.39 is 24.5 Å². The van der Waals surface area contributed by atoms with Gasteiger partial charge in [-0.3, -0.25) is 9.59 Å². The second-order valence-electron chi connectivity index (χ2n) is 8.12. The number of hydrogen-bond donors (Lipinski definition) is 6. The molecule has 2 aromatic carbocycles. The summed E-state index contributed by atoms with van der Waals surface area (Å²) in [4.78, 5) is 42.0. The molecule has 0 aliphatic carbocycles. The summed E-state index contributed by atoms with van der Waals surface area (Å²) in [5.41, 5.74) is 0.743. The first-order chi connectivity index (χ1) is 18.6. The number of phenolic OH excluding ortho intramolecular Hbond substituents is 1. The summed E-state index contributed by atoms with van der Waals surface area (Å²) in [6.45, 7) is -1.02. The Morgan fingerprint density at radius 1 is 1.08 bits per heavy atom. The number of rotatable bonds is 13. The van der Waals surface area contributed by atoms with Gasteiger partial charge in [0.15, 0.2) is 5.78 Å². The number of guanidine groups is 1. The summed E-state index contributed by atoms with van der Waals surface area (Å²) in [6.07, 6.45) is 1.89. The highest BCUT2D eigenvalue weighted by molar-refractivity contribution is 6.39. The van der Waals surface area contributed by atoms with E-state index in [4.69, 9.17) is 28.5 Å². The lowest BCUT2D eigenvalue weighted by molar-refractivity contribution is -0.139. The number of halogens is 2. The summed E-state index contributed by atoms with van der Waals surface area (Å²) >= 11 is 12.6. The van der Waals surface area contributed by atoms with E-state index in [0.717, 1.165) is 0 Å². The molecule has 0 aliphatic heterocycles. The molecule has 0 bridgehead atoms. The molecule has 208 valence electrons. The number of carboxylic acid groups (broad SMARTS) is 1. The van der Waals surface area contributed by atoms with Gasteiger partial charge in [0.05, 0.1) is 28.8 Å². The molecule has 6 N–H and O–H groups in total. The van der Waals surface area contributed by atoms with Crippen molar-refractivity contribution < 1.29 is 34.8 Å². The minimum absolute atomic E-state index is 0.00908. The molecule has 12 nitrogen and oxygen atoms in total. The number of ketones is 1. The Hall–Kier alpha value is -3.89. The maximum absolute atomic E-state index is 12.9. The molecular weight excluding hydrogens is 553 g/mol. The zero-order valence-corrected chi connectivity index (χ0v) is 22.1. The van der Waals surface area contributed by atoms with Gasteiger partial charge in [-0.2, -0.15) is 5.26 Å². The fourth-order valence-corrected chi connectivity index (χ4v) is 4.23. The van der Waals surface area contributed by atoms with Gasteiger partial charge in [0, 0.05) is 31.6 Å². The van der Waals surface area contributed by atoms with Crippen LogP contribution in [0, 0.1) is 11.5 Å². The molecule has 0 radical (unpaired) electrons. The number of aliphatic carboxylic acids is 1. The number of aromatic hydroxyl groups is 1. The zero-order chi connectivity index (χ0) is 28.9. The van der Waals surface area contributed by atoms with Gasteiger partial charge in [0.1, 0.15) is 11.8 Å². The second kappa shape index (κ2) is 15.5. The first kappa shape index (κ1) is 31.3. The smallest absolute Gasteiger partial charge is 0.328 e. The third kappa shape index (κ3) is 9.42. The number of aliphatic imine (C=N–C) groups is 1. The third-order valence-electron chi connectivity index (χ3n) is 5.40. The summed E-state index contributed by atoms with van der Waals surface area (Å²) < 4.78 is 0. The van der Waals surface area contributed by atoms with Crippen LogP contribution in [0.15, 0.2) is 41.4 Å². The van der Waals surface area contributed by atoms with Crippen LogP contribution in [0.25, 0.3) is 0 Å². The molecular formula is C25H27Cl2N5O7. The average Bonchev–Trinajstić information content (AvgIpc) is 2.88. The van der Waals surface area contributed by atoms with Gasteiger partial charge in [-0.05, 0) is 36.2 Å². The Labute approximate surface area is 234 Å². The van der Waals surface area contributed by atoms with Crippen molar-refractivity contribution >= 4 is 46.8 Å². The number of carboxylic acids is 1. The van der Waals surface area contributed by atoms with E-state index in [9.17, 15) is 34.8 Å². The van der Waals surface area contributed by atoms with Crippen molar-refractivity contribution in [1.82, 2.24) is 15.5 Å². The summed E-state index contributed by atoms with van der Waals surface area (Å²) in [7, 11) is 0. The Morgan fingerprint density at radius 2 is 1.72 bits per heavy atom. The van der Waals surface area contributed by atoms with Crippen LogP contribution < -0.4 is 10.6 Å². The van der Waals surface area contributed by atoms with Crippen LogP contribution in [0.5, 0.6) is 5.75 Å². The molecule has 0 saturated heterocycles. The van der Waals surface area contributed by atoms with E-state index in [1.165, 1.54) is 29.2 Å². The Morgan fingerprint density at radius 3 is 2.26 bits per heavy atom. The average molecular weight is 580 g/mol. The quantitative estimate of drug-likeness (QED) is 0.0873. The van der Waals surface area contributed by atoms with Crippen molar-refractivity contribution in [3.63, 3.8) is 0 Å². The number of Topliss-reactive ketones (excluding diaryl/α,β-unsaturated/α-hetero) is 1. The molecule has 2 aromatic rings. The third-order valence-corrected chi connectivity index (χ3v) is 6.00. The molecule has 0 aromatic heterocycles. The first-order valence-corrected chi connectivity index (χ1v) is 12.4. The van der Waals surface area contributed by atoms with Crippen molar-refractivity contribution in [3.8, 4) is 11.9 Å². The van der Waals surface area contributed by atoms with Crippen LogP contribution in [-0.2, 0) is 11.2 Å². The number of carbonyl (C=O) groups is 3.